The number of hydrazine groups is 1. The van der Waals surface area contributed by atoms with Crippen molar-refractivity contribution in [1.82, 2.24) is 25.2 Å². The molecule has 0 saturated heterocycles. The van der Waals surface area contributed by atoms with E-state index in [1.54, 1.807) is 24.7 Å². The van der Waals surface area contributed by atoms with Crippen LogP contribution in [-0.4, -0.2) is 19.7 Å². The first-order valence-electron chi connectivity index (χ1n) is 5.22. The lowest BCUT2D eigenvalue weighted by Crippen LogP contribution is -2.32. The fourth-order valence-corrected chi connectivity index (χ4v) is 2.17. The van der Waals surface area contributed by atoms with Gasteiger partial charge in [0.2, 0.25) is 0 Å². The summed E-state index contributed by atoms with van der Waals surface area (Å²) in [4.78, 5) is 8.41. The second-order valence-electron chi connectivity index (χ2n) is 3.40. The van der Waals surface area contributed by atoms with Crippen molar-refractivity contribution in [3.8, 4) is 0 Å². The van der Waals surface area contributed by atoms with Gasteiger partial charge in [0.25, 0.3) is 0 Å². The molecule has 0 saturated carbocycles. The molecule has 2 aromatic rings. The van der Waals surface area contributed by atoms with Gasteiger partial charge in [0.15, 0.2) is 5.82 Å². The van der Waals surface area contributed by atoms with E-state index >= 15 is 0 Å². The van der Waals surface area contributed by atoms with Gasteiger partial charge in [-0.05, 0) is 28.9 Å². The largest absolute Gasteiger partial charge is 0.270 e. The predicted molar refractivity (Wildman–Crippen MR) is 66.8 cm³/mol. The molecule has 90 valence electrons. The smallest absolute Gasteiger partial charge is 0.152 e. The molecule has 0 fully saturated rings. The molecule has 0 amide bonds. The van der Waals surface area contributed by atoms with Crippen molar-refractivity contribution < 1.29 is 0 Å². The summed E-state index contributed by atoms with van der Waals surface area (Å²) >= 11 is 3.46. The Kier molecular flexibility index (Phi) is 3.82. The van der Waals surface area contributed by atoms with E-state index < -0.39 is 0 Å². The van der Waals surface area contributed by atoms with E-state index in [1.165, 1.54) is 0 Å². The van der Waals surface area contributed by atoms with Gasteiger partial charge in [0.1, 0.15) is 6.04 Å². The zero-order valence-electron chi connectivity index (χ0n) is 9.34. The molecule has 6 nitrogen and oxygen atoms in total. The van der Waals surface area contributed by atoms with Gasteiger partial charge in [-0.1, -0.05) is 0 Å². The summed E-state index contributed by atoms with van der Waals surface area (Å²) < 4.78 is 2.74. The van der Waals surface area contributed by atoms with Crippen molar-refractivity contribution in [2.75, 3.05) is 0 Å². The maximum Gasteiger partial charge on any atom is 0.152 e. The van der Waals surface area contributed by atoms with Crippen molar-refractivity contribution in [2.24, 2.45) is 5.84 Å². The first kappa shape index (κ1) is 12.2. The highest BCUT2D eigenvalue weighted by atomic mass is 79.9. The van der Waals surface area contributed by atoms with E-state index in [1.807, 2.05) is 11.6 Å². The molecule has 0 aliphatic rings. The van der Waals surface area contributed by atoms with E-state index in [4.69, 9.17) is 5.84 Å². The summed E-state index contributed by atoms with van der Waals surface area (Å²) in [5.74, 6) is 6.21. The Hall–Kier alpha value is -1.31. The van der Waals surface area contributed by atoms with Crippen LogP contribution in [-0.2, 0) is 6.54 Å². The second-order valence-corrected chi connectivity index (χ2v) is 4.25. The number of aryl methyl sites for hydroxylation is 1. The molecular formula is C10H13BrN6. The Morgan fingerprint density at radius 3 is 2.76 bits per heavy atom. The summed E-state index contributed by atoms with van der Waals surface area (Å²) in [6.45, 7) is 2.77. The molecule has 17 heavy (non-hydrogen) atoms. The first-order valence-corrected chi connectivity index (χ1v) is 6.01. The van der Waals surface area contributed by atoms with Gasteiger partial charge in [-0.3, -0.25) is 10.5 Å². The zero-order valence-corrected chi connectivity index (χ0v) is 10.9. The average molecular weight is 297 g/mol. The number of hydrogen-bond acceptors (Lipinski definition) is 5. The normalized spacial score (nSPS) is 12.6. The van der Waals surface area contributed by atoms with Crippen molar-refractivity contribution in [3.63, 3.8) is 0 Å². The van der Waals surface area contributed by atoms with E-state index in [0.717, 1.165) is 16.7 Å². The fraction of sp³-hybridized carbons (Fsp3) is 0.300. The van der Waals surface area contributed by atoms with Crippen molar-refractivity contribution in [3.05, 3.63) is 40.6 Å². The molecule has 7 heteroatoms. The Labute approximate surface area is 107 Å². The lowest BCUT2D eigenvalue weighted by atomic mass is 10.2. The van der Waals surface area contributed by atoms with Gasteiger partial charge in [0.05, 0.1) is 16.4 Å². The first-order chi connectivity index (χ1) is 8.27. The Morgan fingerprint density at radius 1 is 1.47 bits per heavy atom. The van der Waals surface area contributed by atoms with Crippen LogP contribution < -0.4 is 11.3 Å². The number of aromatic nitrogens is 4. The van der Waals surface area contributed by atoms with Crippen LogP contribution in [0.15, 0.2) is 29.1 Å². The van der Waals surface area contributed by atoms with Crippen LogP contribution in [0.25, 0.3) is 0 Å². The molecule has 0 spiro atoms. The lowest BCUT2D eigenvalue weighted by molar-refractivity contribution is 0.524. The minimum Gasteiger partial charge on any atom is -0.270 e. The Balaban J connectivity index is 2.45. The van der Waals surface area contributed by atoms with Crippen LogP contribution in [0.3, 0.4) is 0 Å². The van der Waals surface area contributed by atoms with Gasteiger partial charge >= 0.3 is 0 Å². The van der Waals surface area contributed by atoms with E-state index in [2.05, 4.69) is 36.4 Å². The van der Waals surface area contributed by atoms with Crippen LogP contribution in [0.5, 0.6) is 0 Å². The highest BCUT2D eigenvalue weighted by Crippen LogP contribution is 2.25. The van der Waals surface area contributed by atoms with Crippen LogP contribution in [0.2, 0.25) is 0 Å². The molecule has 2 heterocycles. The van der Waals surface area contributed by atoms with Crippen molar-refractivity contribution in [1.29, 1.82) is 0 Å². The maximum absolute atomic E-state index is 5.60. The molecule has 2 aromatic heterocycles. The number of nitrogens with two attached hydrogens (primary N) is 1. The topological polar surface area (TPSA) is 81.7 Å². The van der Waals surface area contributed by atoms with Crippen LogP contribution in [0.4, 0.5) is 0 Å². The third-order valence-corrected chi connectivity index (χ3v) is 3.03. The Bertz CT molecular complexity index is 483. The van der Waals surface area contributed by atoms with Crippen LogP contribution in [0, 0.1) is 0 Å². The maximum atomic E-state index is 5.60. The zero-order chi connectivity index (χ0) is 12.3. The fourth-order valence-electron chi connectivity index (χ4n) is 1.65. The molecule has 0 aromatic carbocycles. The second kappa shape index (κ2) is 5.35. The number of rotatable bonds is 4. The van der Waals surface area contributed by atoms with E-state index in [-0.39, 0.29) is 6.04 Å². The van der Waals surface area contributed by atoms with E-state index in [0.29, 0.717) is 5.82 Å². The molecule has 0 bridgehead atoms. The van der Waals surface area contributed by atoms with Crippen molar-refractivity contribution in [2.45, 2.75) is 19.5 Å². The number of nitrogens with zero attached hydrogens (tertiary/aromatic N) is 4. The summed E-state index contributed by atoms with van der Waals surface area (Å²) in [5.41, 5.74) is 3.64. The summed E-state index contributed by atoms with van der Waals surface area (Å²) in [6.07, 6.45) is 5.12. The van der Waals surface area contributed by atoms with Crippen LogP contribution in [0.1, 0.15) is 24.5 Å². The van der Waals surface area contributed by atoms with Gasteiger partial charge in [-0.15, -0.1) is 0 Å². The van der Waals surface area contributed by atoms with Crippen molar-refractivity contribution >= 4 is 15.9 Å². The number of nitrogens with one attached hydrogen (secondary N) is 1. The molecule has 1 atom stereocenters. The van der Waals surface area contributed by atoms with Gasteiger partial charge in [-0.25, -0.2) is 15.4 Å². The summed E-state index contributed by atoms with van der Waals surface area (Å²) in [6, 6.07) is 1.48. The highest BCUT2D eigenvalue weighted by molar-refractivity contribution is 9.10. The lowest BCUT2D eigenvalue weighted by Gasteiger charge is -2.16. The predicted octanol–water partition coefficient (Wildman–Crippen LogP) is 1.01. The molecule has 2 rings (SSSR count). The van der Waals surface area contributed by atoms with Crippen LogP contribution >= 0.6 is 15.9 Å². The summed E-state index contributed by atoms with van der Waals surface area (Å²) in [7, 11) is 0. The minimum absolute atomic E-state index is 0.284. The number of hydrogen-bond donors (Lipinski definition) is 2. The standard InChI is InChI=1S/C10H13BrN6/c1-2-17-9(7(11)6-15-17)8(16-12)10-13-4-3-5-14-10/h3-6,8,16H,2,12H2,1H3. The summed E-state index contributed by atoms with van der Waals surface area (Å²) in [5, 5.41) is 4.25. The van der Waals surface area contributed by atoms with Gasteiger partial charge in [0, 0.05) is 18.9 Å². The molecule has 0 aliphatic heterocycles. The van der Waals surface area contributed by atoms with Gasteiger partial charge < -0.3 is 0 Å². The molecule has 1 unspecified atom stereocenters. The third-order valence-electron chi connectivity index (χ3n) is 2.42. The minimum atomic E-state index is -0.284. The number of halogens is 1. The Morgan fingerprint density at radius 2 is 2.18 bits per heavy atom. The SMILES string of the molecule is CCn1ncc(Br)c1C(NN)c1ncccn1. The quantitative estimate of drug-likeness (QED) is 0.650. The average Bonchev–Trinajstić information content (AvgIpc) is 2.74. The monoisotopic (exact) mass is 296 g/mol. The van der Waals surface area contributed by atoms with Gasteiger partial charge in [-0.2, -0.15) is 5.10 Å². The molecule has 3 N–H and O–H groups in total. The third kappa shape index (κ3) is 2.36. The van der Waals surface area contributed by atoms with E-state index in [9.17, 15) is 0 Å². The molecule has 0 radical (unpaired) electrons. The molecule has 0 aliphatic carbocycles. The highest BCUT2D eigenvalue weighted by Gasteiger charge is 2.22. The molecular weight excluding hydrogens is 284 g/mol.